The number of rotatable bonds is 4. The van der Waals surface area contributed by atoms with Gasteiger partial charge in [0, 0.05) is 13.6 Å². The van der Waals surface area contributed by atoms with Crippen LogP contribution in [0.15, 0.2) is 33.1 Å². The maximum Gasteiger partial charge on any atom is 0.407 e. The minimum atomic E-state index is -0.377. The summed E-state index contributed by atoms with van der Waals surface area (Å²) in [6.45, 7) is 3.01. The van der Waals surface area contributed by atoms with Gasteiger partial charge in [-0.1, -0.05) is 0 Å². The smallest absolute Gasteiger partial charge is 0.407 e. The van der Waals surface area contributed by atoms with E-state index < -0.39 is 0 Å². The Kier molecular flexibility index (Phi) is 3.97. The van der Waals surface area contributed by atoms with Crippen LogP contribution >= 0.6 is 11.8 Å². The fourth-order valence-corrected chi connectivity index (χ4v) is 3.97. The van der Waals surface area contributed by atoms with E-state index in [0.29, 0.717) is 13.1 Å². The largest absolute Gasteiger partial charge is 0.453 e. The average Bonchev–Trinajstić information content (AvgIpc) is 3.24. The molecule has 2 aromatic rings. The van der Waals surface area contributed by atoms with E-state index in [1.165, 1.54) is 11.8 Å². The second kappa shape index (κ2) is 6.14. The normalized spacial score (nSPS) is 24.3. The fraction of sp³-hybridized carbons (Fsp3) is 0.533. The number of furan rings is 1. The number of carbonyl (C=O) groups is 1. The number of aromatic nitrogens is 3. The van der Waals surface area contributed by atoms with Crippen molar-refractivity contribution < 1.29 is 13.9 Å². The van der Waals surface area contributed by atoms with Crippen LogP contribution < -0.4 is 5.32 Å². The first-order valence-corrected chi connectivity index (χ1v) is 8.73. The number of piperidine rings is 1. The molecule has 0 saturated carbocycles. The van der Waals surface area contributed by atoms with Crippen LogP contribution in [0.4, 0.5) is 4.79 Å². The first-order valence-electron chi connectivity index (χ1n) is 7.92. The summed E-state index contributed by atoms with van der Waals surface area (Å²) in [4.78, 5) is 13.7. The number of aryl methyl sites for hydroxylation is 1. The van der Waals surface area contributed by atoms with Gasteiger partial charge in [0.2, 0.25) is 0 Å². The molecule has 128 valence electrons. The standard InChI is InChI=1S/C15H19N5O3S/c1-19-10-17-18-13(19)24-12-4-3-11(22-12)7-20-6-2-5-15(9-20)8-16-14(21)23-15/h3-4,10H,2,5-9H2,1H3,(H,16,21)/t15-/m1/s1. The predicted octanol–water partition coefficient (Wildman–Crippen LogP) is 1.63. The number of nitrogens with one attached hydrogen (secondary N) is 1. The van der Waals surface area contributed by atoms with Gasteiger partial charge < -0.3 is 19.0 Å². The summed E-state index contributed by atoms with van der Waals surface area (Å²) in [6, 6.07) is 3.93. The van der Waals surface area contributed by atoms with Crippen molar-refractivity contribution >= 4 is 17.9 Å². The summed E-state index contributed by atoms with van der Waals surface area (Å²) >= 11 is 1.45. The van der Waals surface area contributed by atoms with Crippen LogP contribution in [0.2, 0.25) is 0 Å². The van der Waals surface area contributed by atoms with Gasteiger partial charge in [-0.05, 0) is 43.3 Å². The zero-order valence-corrected chi connectivity index (χ0v) is 14.2. The zero-order chi connectivity index (χ0) is 16.6. The number of alkyl carbamates (subject to hydrolysis) is 1. The Hall–Kier alpha value is -2.00. The molecule has 24 heavy (non-hydrogen) atoms. The predicted molar refractivity (Wildman–Crippen MR) is 85.6 cm³/mol. The molecule has 4 heterocycles. The number of amides is 1. The van der Waals surface area contributed by atoms with E-state index in [4.69, 9.17) is 9.15 Å². The lowest BCUT2D eigenvalue weighted by Gasteiger charge is -2.37. The van der Waals surface area contributed by atoms with Crippen LogP contribution in [0.5, 0.6) is 0 Å². The molecule has 4 rings (SSSR count). The number of likely N-dealkylation sites (tertiary alicyclic amines) is 1. The van der Waals surface area contributed by atoms with Gasteiger partial charge in [-0.15, -0.1) is 10.2 Å². The third kappa shape index (κ3) is 3.13. The molecule has 2 saturated heterocycles. The van der Waals surface area contributed by atoms with Gasteiger partial charge in [-0.2, -0.15) is 0 Å². The van der Waals surface area contributed by atoms with Crippen molar-refractivity contribution in [3.63, 3.8) is 0 Å². The third-order valence-corrected chi connectivity index (χ3v) is 5.33. The van der Waals surface area contributed by atoms with E-state index in [9.17, 15) is 4.79 Å². The van der Waals surface area contributed by atoms with Gasteiger partial charge in [0.1, 0.15) is 17.7 Å². The molecule has 1 amide bonds. The Balaban J connectivity index is 1.39. The second-order valence-corrected chi connectivity index (χ2v) is 7.26. The van der Waals surface area contributed by atoms with Crippen molar-refractivity contribution in [1.82, 2.24) is 25.0 Å². The summed E-state index contributed by atoms with van der Waals surface area (Å²) in [7, 11) is 1.90. The van der Waals surface area contributed by atoms with Gasteiger partial charge in [-0.3, -0.25) is 4.90 Å². The highest BCUT2D eigenvalue weighted by Gasteiger charge is 2.43. The Bertz CT molecular complexity index is 745. The number of hydrogen-bond donors (Lipinski definition) is 1. The lowest BCUT2D eigenvalue weighted by atomic mass is 9.93. The SMILES string of the molecule is Cn1cnnc1Sc1ccc(CN2CCC[C@@]3(CNC(=O)O3)C2)o1. The molecule has 2 fully saturated rings. The van der Waals surface area contributed by atoms with Crippen molar-refractivity contribution in [3.05, 3.63) is 24.2 Å². The molecule has 0 aromatic carbocycles. The zero-order valence-electron chi connectivity index (χ0n) is 13.4. The van der Waals surface area contributed by atoms with Gasteiger partial charge in [-0.25, -0.2) is 4.79 Å². The molecule has 1 atom stereocenters. The average molecular weight is 349 g/mol. The number of carbonyl (C=O) groups excluding carboxylic acids is 1. The van der Waals surface area contributed by atoms with E-state index in [1.807, 2.05) is 23.7 Å². The van der Waals surface area contributed by atoms with Gasteiger partial charge in [0.15, 0.2) is 10.2 Å². The molecule has 0 radical (unpaired) electrons. The van der Waals surface area contributed by atoms with E-state index >= 15 is 0 Å². The second-order valence-electron chi connectivity index (χ2n) is 6.29. The summed E-state index contributed by atoms with van der Waals surface area (Å²) in [5.41, 5.74) is -0.377. The van der Waals surface area contributed by atoms with E-state index in [1.54, 1.807) is 6.33 Å². The highest BCUT2D eigenvalue weighted by molar-refractivity contribution is 7.99. The summed E-state index contributed by atoms with van der Waals surface area (Å²) in [5.74, 6) is 0.897. The van der Waals surface area contributed by atoms with E-state index in [-0.39, 0.29) is 11.7 Å². The number of nitrogens with zero attached hydrogens (tertiary/aromatic N) is 4. The summed E-state index contributed by atoms with van der Waals surface area (Å²) in [5, 5.41) is 12.3. The Labute approximate surface area is 143 Å². The third-order valence-electron chi connectivity index (χ3n) is 4.36. The number of ether oxygens (including phenoxy) is 1. The molecule has 2 aromatic heterocycles. The topological polar surface area (TPSA) is 85.4 Å². The van der Waals surface area contributed by atoms with Crippen LogP contribution in [0.3, 0.4) is 0 Å². The minimum Gasteiger partial charge on any atom is -0.453 e. The Morgan fingerprint density at radius 3 is 3.12 bits per heavy atom. The molecule has 0 unspecified atom stereocenters. The van der Waals surface area contributed by atoms with E-state index in [2.05, 4.69) is 20.4 Å². The van der Waals surface area contributed by atoms with E-state index in [0.717, 1.165) is 41.9 Å². The fourth-order valence-electron chi connectivity index (χ4n) is 3.23. The van der Waals surface area contributed by atoms with Crippen molar-refractivity contribution in [3.8, 4) is 0 Å². The molecule has 2 aliphatic heterocycles. The molecular weight excluding hydrogens is 330 g/mol. The van der Waals surface area contributed by atoms with Crippen molar-refractivity contribution in [2.75, 3.05) is 19.6 Å². The van der Waals surface area contributed by atoms with Gasteiger partial charge >= 0.3 is 6.09 Å². The molecule has 9 heteroatoms. The highest BCUT2D eigenvalue weighted by atomic mass is 32.2. The van der Waals surface area contributed by atoms with Crippen LogP contribution in [-0.4, -0.2) is 51.0 Å². The van der Waals surface area contributed by atoms with Gasteiger partial charge in [0.25, 0.3) is 0 Å². The molecule has 8 nitrogen and oxygen atoms in total. The molecule has 1 N–H and O–H groups in total. The van der Waals surface area contributed by atoms with Crippen molar-refractivity contribution in [2.45, 2.75) is 35.2 Å². The molecular formula is C15H19N5O3S. The summed E-state index contributed by atoms with van der Waals surface area (Å²) < 4.78 is 13.3. The molecule has 0 aliphatic carbocycles. The first-order chi connectivity index (χ1) is 11.6. The first kappa shape index (κ1) is 15.5. The van der Waals surface area contributed by atoms with Crippen LogP contribution in [0, 0.1) is 0 Å². The monoisotopic (exact) mass is 349 g/mol. The van der Waals surface area contributed by atoms with Gasteiger partial charge in [0.05, 0.1) is 13.1 Å². The Morgan fingerprint density at radius 2 is 2.38 bits per heavy atom. The maximum atomic E-state index is 11.4. The Morgan fingerprint density at radius 1 is 1.46 bits per heavy atom. The lowest BCUT2D eigenvalue weighted by molar-refractivity contribution is -0.0130. The minimum absolute atomic E-state index is 0.308. The quantitative estimate of drug-likeness (QED) is 0.898. The molecule has 0 bridgehead atoms. The molecule has 2 aliphatic rings. The van der Waals surface area contributed by atoms with Crippen LogP contribution in [-0.2, 0) is 18.3 Å². The molecule has 1 spiro atoms. The maximum absolute atomic E-state index is 11.4. The van der Waals surface area contributed by atoms with Crippen molar-refractivity contribution in [1.29, 1.82) is 0 Å². The lowest BCUT2D eigenvalue weighted by Crippen LogP contribution is -2.50. The summed E-state index contributed by atoms with van der Waals surface area (Å²) in [6.07, 6.45) is 3.28. The number of hydrogen-bond acceptors (Lipinski definition) is 7. The highest BCUT2D eigenvalue weighted by Crippen LogP contribution is 2.31. The van der Waals surface area contributed by atoms with Crippen LogP contribution in [0.1, 0.15) is 18.6 Å². The van der Waals surface area contributed by atoms with Crippen LogP contribution in [0.25, 0.3) is 0 Å². The van der Waals surface area contributed by atoms with Crippen molar-refractivity contribution in [2.24, 2.45) is 7.05 Å².